The lowest BCUT2D eigenvalue weighted by atomic mass is 10.1. The van der Waals surface area contributed by atoms with Crippen LogP contribution < -0.4 is 5.32 Å². The van der Waals surface area contributed by atoms with Gasteiger partial charge < -0.3 is 5.32 Å². The maximum Gasteiger partial charge on any atom is 0.0969 e. The molecule has 1 heterocycles. The van der Waals surface area contributed by atoms with E-state index in [9.17, 15) is 0 Å². The van der Waals surface area contributed by atoms with Crippen LogP contribution in [-0.2, 0) is 6.54 Å². The summed E-state index contributed by atoms with van der Waals surface area (Å²) in [5.41, 5.74) is 4.57. The minimum Gasteiger partial charge on any atom is -0.308 e. The summed E-state index contributed by atoms with van der Waals surface area (Å²) >= 11 is 0. The molecule has 4 nitrogen and oxygen atoms in total. The number of benzene rings is 1. The van der Waals surface area contributed by atoms with Crippen molar-refractivity contribution in [3.05, 3.63) is 41.2 Å². The van der Waals surface area contributed by atoms with Gasteiger partial charge in [-0.05, 0) is 43.9 Å². The fraction of sp³-hybridized carbons (Fsp3) is 0.429. The third-order valence-corrected chi connectivity index (χ3v) is 3.30. The zero-order chi connectivity index (χ0) is 12.5. The van der Waals surface area contributed by atoms with Crippen molar-refractivity contribution in [1.29, 1.82) is 0 Å². The van der Waals surface area contributed by atoms with E-state index in [1.165, 1.54) is 24.0 Å². The average Bonchev–Trinajstić information content (AvgIpc) is 3.08. The average molecular weight is 242 g/mol. The van der Waals surface area contributed by atoms with Gasteiger partial charge in [-0.25, -0.2) is 4.68 Å². The van der Waals surface area contributed by atoms with E-state index in [1.807, 2.05) is 10.9 Å². The van der Waals surface area contributed by atoms with Crippen LogP contribution in [0, 0.1) is 13.8 Å². The molecule has 1 aromatic carbocycles. The number of nitrogens with one attached hydrogen (secondary N) is 1. The first kappa shape index (κ1) is 11.4. The van der Waals surface area contributed by atoms with Gasteiger partial charge in [0, 0.05) is 12.6 Å². The van der Waals surface area contributed by atoms with Gasteiger partial charge in [0.25, 0.3) is 0 Å². The molecule has 1 N–H and O–H groups in total. The third-order valence-electron chi connectivity index (χ3n) is 3.30. The highest BCUT2D eigenvalue weighted by atomic mass is 15.4. The molecule has 1 saturated carbocycles. The summed E-state index contributed by atoms with van der Waals surface area (Å²) in [5, 5.41) is 11.9. The monoisotopic (exact) mass is 242 g/mol. The van der Waals surface area contributed by atoms with Crippen LogP contribution >= 0.6 is 0 Å². The van der Waals surface area contributed by atoms with Crippen molar-refractivity contribution in [2.24, 2.45) is 0 Å². The van der Waals surface area contributed by atoms with Crippen molar-refractivity contribution < 1.29 is 0 Å². The van der Waals surface area contributed by atoms with E-state index in [-0.39, 0.29) is 0 Å². The molecule has 0 atom stereocenters. The second kappa shape index (κ2) is 4.53. The van der Waals surface area contributed by atoms with Crippen LogP contribution in [0.15, 0.2) is 24.4 Å². The first-order valence-corrected chi connectivity index (χ1v) is 6.44. The topological polar surface area (TPSA) is 42.7 Å². The summed E-state index contributed by atoms with van der Waals surface area (Å²) in [6.45, 7) is 5.00. The molecule has 1 fully saturated rings. The largest absolute Gasteiger partial charge is 0.308 e. The molecular weight excluding hydrogens is 224 g/mol. The van der Waals surface area contributed by atoms with Gasteiger partial charge in [-0.3, -0.25) is 0 Å². The van der Waals surface area contributed by atoms with E-state index in [0.717, 1.165) is 17.9 Å². The molecule has 94 valence electrons. The van der Waals surface area contributed by atoms with E-state index in [0.29, 0.717) is 6.04 Å². The minimum absolute atomic E-state index is 0.704. The smallest absolute Gasteiger partial charge is 0.0969 e. The predicted molar refractivity (Wildman–Crippen MR) is 70.7 cm³/mol. The third kappa shape index (κ3) is 2.43. The summed E-state index contributed by atoms with van der Waals surface area (Å²) < 4.78 is 1.87. The maximum absolute atomic E-state index is 4.21. The van der Waals surface area contributed by atoms with Gasteiger partial charge in [0.05, 0.1) is 17.6 Å². The molecular formula is C14H18N4. The van der Waals surface area contributed by atoms with E-state index < -0.39 is 0 Å². The Balaban J connectivity index is 1.80. The quantitative estimate of drug-likeness (QED) is 0.893. The molecule has 3 rings (SSSR count). The van der Waals surface area contributed by atoms with Crippen LogP contribution in [-0.4, -0.2) is 21.0 Å². The molecule has 0 aliphatic heterocycles. The zero-order valence-corrected chi connectivity index (χ0v) is 10.8. The maximum atomic E-state index is 4.21. The highest BCUT2D eigenvalue weighted by Gasteiger charge is 2.20. The minimum atomic E-state index is 0.704. The summed E-state index contributed by atoms with van der Waals surface area (Å²) in [5.74, 6) is 0. The Morgan fingerprint density at radius 3 is 2.94 bits per heavy atom. The second-order valence-corrected chi connectivity index (χ2v) is 5.10. The lowest BCUT2D eigenvalue weighted by molar-refractivity contribution is 0.671. The van der Waals surface area contributed by atoms with Crippen molar-refractivity contribution in [2.45, 2.75) is 39.3 Å². The number of rotatable bonds is 4. The van der Waals surface area contributed by atoms with Crippen molar-refractivity contribution in [3.8, 4) is 5.69 Å². The summed E-state index contributed by atoms with van der Waals surface area (Å²) in [6.07, 6.45) is 4.60. The number of aromatic nitrogens is 3. The predicted octanol–water partition coefficient (Wildman–Crippen LogP) is 2.14. The van der Waals surface area contributed by atoms with Crippen molar-refractivity contribution in [2.75, 3.05) is 0 Å². The molecule has 1 aliphatic rings. The Bertz CT molecular complexity index is 555. The standard InChI is InChI=1S/C14H18N4/c1-10-3-4-11(2)14(7-10)18-9-13(16-17-18)8-15-12-5-6-12/h3-4,7,9,12,15H,5-6,8H2,1-2H3. The fourth-order valence-electron chi connectivity index (χ4n) is 2.00. The van der Waals surface area contributed by atoms with Crippen molar-refractivity contribution in [1.82, 2.24) is 20.3 Å². The Hall–Kier alpha value is -1.68. The highest BCUT2D eigenvalue weighted by molar-refractivity contribution is 5.42. The molecule has 0 radical (unpaired) electrons. The SMILES string of the molecule is Cc1ccc(C)c(-n2cc(CNC3CC3)nn2)c1. The molecule has 0 bridgehead atoms. The lowest BCUT2D eigenvalue weighted by Crippen LogP contribution is -2.15. The van der Waals surface area contributed by atoms with E-state index in [2.05, 4.69) is 47.7 Å². The number of nitrogens with zero attached hydrogens (tertiary/aromatic N) is 3. The first-order chi connectivity index (χ1) is 8.72. The van der Waals surface area contributed by atoms with Crippen molar-refractivity contribution >= 4 is 0 Å². The van der Waals surface area contributed by atoms with Crippen LogP contribution in [0.2, 0.25) is 0 Å². The molecule has 0 spiro atoms. The summed E-state index contributed by atoms with van der Waals surface area (Å²) in [4.78, 5) is 0. The lowest BCUT2D eigenvalue weighted by Gasteiger charge is -2.05. The van der Waals surface area contributed by atoms with Gasteiger partial charge in [0.2, 0.25) is 0 Å². The number of hydrogen-bond acceptors (Lipinski definition) is 3. The first-order valence-electron chi connectivity index (χ1n) is 6.44. The fourth-order valence-corrected chi connectivity index (χ4v) is 2.00. The van der Waals surface area contributed by atoms with Gasteiger partial charge in [0.15, 0.2) is 0 Å². The second-order valence-electron chi connectivity index (χ2n) is 5.10. The van der Waals surface area contributed by atoms with E-state index in [1.54, 1.807) is 0 Å². The molecule has 0 amide bonds. The molecule has 1 aromatic heterocycles. The normalized spacial score (nSPS) is 15.0. The molecule has 0 unspecified atom stereocenters. The zero-order valence-electron chi connectivity index (χ0n) is 10.8. The molecule has 18 heavy (non-hydrogen) atoms. The highest BCUT2D eigenvalue weighted by Crippen LogP contribution is 2.19. The van der Waals surface area contributed by atoms with Gasteiger partial charge >= 0.3 is 0 Å². The molecule has 2 aromatic rings. The molecule has 4 heteroatoms. The van der Waals surface area contributed by atoms with Crippen LogP contribution in [0.3, 0.4) is 0 Å². The van der Waals surface area contributed by atoms with Crippen molar-refractivity contribution in [3.63, 3.8) is 0 Å². The van der Waals surface area contributed by atoms with Crippen LogP contribution in [0.4, 0.5) is 0 Å². The number of hydrogen-bond donors (Lipinski definition) is 1. The number of aryl methyl sites for hydroxylation is 2. The summed E-state index contributed by atoms with van der Waals surface area (Å²) in [6, 6.07) is 7.08. The van der Waals surface area contributed by atoms with Gasteiger partial charge in [-0.15, -0.1) is 5.10 Å². The Labute approximate surface area is 107 Å². The van der Waals surface area contributed by atoms with E-state index >= 15 is 0 Å². The Kier molecular flexibility index (Phi) is 2.88. The van der Waals surface area contributed by atoms with Crippen LogP contribution in [0.5, 0.6) is 0 Å². The van der Waals surface area contributed by atoms with Gasteiger partial charge in [-0.2, -0.15) is 0 Å². The Morgan fingerprint density at radius 1 is 1.33 bits per heavy atom. The van der Waals surface area contributed by atoms with Gasteiger partial charge in [0.1, 0.15) is 0 Å². The molecule has 1 aliphatic carbocycles. The summed E-state index contributed by atoms with van der Waals surface area (Å²) in [7, 11) is 0. The van der Waals surface area contributed by atoms with E-state index in [4.69, 9.17) is 0 Å². The van der Waals surface area contributed by atoms with Gasteiger partial charge in [-0.1, -0.05) is 17.3 Å². The molecule has 0 saturated heterocycles. The Morgan fingerprint density at radius 2 is 2.17 bits per heavy atom. The van der Waals surface area contributed by atoms with Crippen LogP contribution in [0.25, 0.3) is 5.69 Å². The van der Waals surface area contributed by atoms with Crippen LogP contribution in [0.1, 0.15) is 29.7 Å².